The quantitative estimate of drug-likeness (QED) is 0.803. The number of halogens is 1. The minimum absolute atomic E-state index is 0.353. The molecule has 0 fully saturated rings. The number of nitrogens with two attached hydrogens (primary N) is 1. The normalized spacial score (nSPS) is 11.9. The van der Waals surface area contributed by atoms with E-state index < -0.39 is 17.8 Å². The average molecular weight is 302 g/mol. The maximum absolute atomic E-state index is 11.8. The van der Waals surface area contributed by atoms with E-state index in [0.717, 1.165) is 0 Å². The van der Waals surface area contributed by atoms with Gasteiger partial charge in [-0.15, -0.1) is 0 Å². The van der Waals surface area contributed by atoms with Crippen LogP contribution in [0.2, 0.25) is 0 Å². The Morgan fingerprint density at radius 3 is 2.65 bits per heavy atom. The largest absolute Gasteiger partial charge is 0.496 e. The number of methoxy groups -OCH3 is 1. The first-order valence-electron chi connectivity index (χ1n) is 4.81. The standard InChI is InChI=1S/C11H12BrNO4/c1-17-9-3-2-6(4-7(9)12)11(16)8(13)5-10(14)15/h2-4,8H,5,13H2,1H3,(H,14,15). The number of hydrogen-bond acceptors (Lipinski definition) is 4. The molecule has 1 rings (SSSR count). The van der Waals surface area contributed by atoms with Gasteiger partial charge in [-0.3, -0.25) is 9.59 Å². The molecule has 0 aliphatic rings. The minimum Gasteiger partial charge on any atom is -0.496 e. The zero-order valence-corrected chi connectivity index (χ0v) is 10.7. The molecular weight excluding hydrogens is 290 g/mol. The molecule has 17 heavy (non-hydrogen) atoms. The Labute approximate surface area is 107 Å². The summed E-state index contributed by atoms with van der Waals surface area (Å²) in [4.78, 5) is 22.2. The molecular formula is C11H12BrNO4. The van der Waals surface area contributed by atoms with Gasteiger partial charge in [-0.25, -0.2) is 0 Å². The summed E-state index contributed by atoms with van der Waals surface area (Å²) >= 11 is 3.24. The summed E-state index contributed by atoms with van der Waals surface area (Å²) in [6, 6.07) is 3.69. The predicted octanol–water partition coefficient (Wildman–Crippen LogP) is 1.44. The Kier molecular flexibility index (Phi) is 4.65. The molecule has 0 saturated heterocycles. The van der Waals surface area contributed by atoms with E-state index in [0.29, 0.717) is 15.8 Å². The van der Waals surface area contributed by atoms with Crippen molar-refractivity contribution in [2.45, 2.75) is 12.5 Å². The highest BCUT2D eigenvalue weighted by atomic mass is 79.9. The molecule has 0 spiro atoms. The van der Waals surface area contributed by atoms with Crippen LogP contribution >= 0.6 is 15.9 Å². The molecule has 0 saturated carbocycles. The fourth-order valence-corrected chi connectivity index (χ4v) is 1.86. The van der Waals surface area contributed by atoms with Crippen LogP contribution in [0.1, 0.15) is 16.8 Å². The van der Waals surface area contributed by atoms with Crippen LogP contribution in [0.25, 0.3) is 0 Å². The summed E-state index contributed by atoms with van der Waals surface area (Å²) in [5.41, 5.74) is 5.85. The molecule has 0 amide bonds. The highest BCUT2D eigenvalue weighted by Gasteiger charge is 2.19. The first-order chi connectivity index (χ1) is 7.95. The van der Waals surface area contributed by atoms with Gasteiger partial charge in [-0.05, 0) is 34.1 Å². The van der Waals surface area contributed by atoms with Gasteiger partial charge in [-0.1, -0.05) is 0 Å². The van der Waals surface area contributed by atoms with Crippen LogP contribution in [0, 0.1) is 0 Å². The third-order valence-electron chi connectivity index (χ3n) is 2.17. The van der Waals surface area contributed by atoms with Gasteiger partial charge in [0.2, 0.25) is 0 Å². The molecule has 3 N–H and O–H groups in total. The summed E-state index contributed by atoms with van der Waals surface area (Å²) in [6.45, 7) is 0. The predicted molar refractivity (Wildman–Crippen MR) is 65.3 cm³/mol. The lowest BCUT2D eigenvalue weighted by atomic mass is 10.0. The van der Waals surface area contributed by atoms with Crippen LogP contribution in [-0.4, -0.2) is 30.0 Å². The lowest BCUT2D eigenvalue weighted by Crippen LogP contribution is -2.32. The maximum atomic E-state index is 11.8. The van der Waals surface area contributed by atoms with E-state index in [1.807, 2.05) is 0 Å². The molecule has 0 aliphatic heterocycles. The number of carboxylic acids is 1. The second-order valence-electron chi connectivity index (χ2n) is 3.42. The van der Waals surface area contributed by atoms with E-state index in [1.54, 1.807) is 18.2 Å². The lowest BCUT2D eigenvalue weighted by Gasteiger charge is -2.09. The number of carbonyl (C=O) groups is 2. The van der Waals surface area contributed by atoms with Gasteiger partial charge in [0.1, 0.15) is 5.75 Å². The van der Waals surface area contributed by atoms with Crippen LogP contribution in [0.5, 0.6) is 5.75 Å². The Morgan fingerprint density at radius 1 is 1.53 bits per heavy atom. The molecule has 92 valence electrons. The minimum atomic E-state index is -1.10. The highest BCUT2D eigenvalue weighted by molar-refractivity contribution is 9.10. The first-order valence-corrected chi connectivity index (χ1v) is 5.60. The lowest BCUT2D eigenvalue weighted by molar-refractivity contribution is -0.137. The average Bonchev–Trinajstić information content (AvgIpc) is 2.27. The topological polar surface area (TPSA) is 89.6 Å². The van der Waals surface area contributed by atoms with Gasteiger partial charge in [-0.2, -0.15) is 0 Å². The van der Waals surface area contributed by atoms with E-state index in [1.165, 1.54) is 7.11 Å². The Hall–Kier alpha value is -1.40. The van der Waals surface area contributed by atoms with E-state index in [9.17, 15) is 9.59 Å². The van der Waals surface area contributed by atoms with Gasteiger partial charge in [0.05, 0.1) is 24.0 Å². The van der Waals surface area contributed by atoms with Crippen LogP contribution in [0.3, 0.4) is 0 Å². The molecule has 0 aromatic heterocycles. The Balaban J connectivity index is 2.89. The number of aliphatic carboxylic acids is 1. The summed E-state index contributed by atoms with van der Waals surface area (Å²) in [7, 11) is 1.51. The van der Waals surface area contributed by atoms with Crippen molar-refractivity contribution in [2.24, 2.45) is 5.73 Å². The SMILES string of the molecule is COc1ccc(C(=O)C(N)CC(=O)O)cc1Br. The second kappa shape index (κ2) is 5.79. The van der Waals surface area contributed by atoms with Gasteiger partial charge >= 0.3 is 5.97 Å². The van der Waals surface area contributed by atoms with Gasteiger partial charge in [0.25, 0.3) is 0 Å². The smallest absolute Gasteiger partial charge is 0.305 e. The molecule has 1 aromatic carbocycles. The zero-order chi connectivity index (χ0) is 13.0. The number of benzene rings is 1. The monoisotopic (exact) mass is 301 g/mol. The number of carboxylic acid groups (broad SMARTS) is 1. The van der Waals surface area contributed by atoms with Gasteiger partial charge < -0.3 is 15.6 Å². The zero-order valence-electron chi connectivity index (χ0n) is 9.14. The van der Waals surface area contributed by atoms with Crippen molar-refractivity contribution >= 4 is 27.7 Å². The summed E-state index contributed by atoms with van der Waals surface area (Å²) in [5, 5.41) is 8.55. The van der Waals surface area contributed by atoms with Gasteiger partial charge in [0.15, 0.2) is 5.78 Å². The van der Waals surface area contributed by atoms with Crippen LogP contribution in [0.15, 0.2) is 22.7 Å². The fourth-order valence-electron chi connectivity index (χ4n) is 1.31. The molecule has 1 unspecified atom stereocenters. The van der Waals surface area contributed by atoms with E-state index in [-0.39, 0.29) is 6.42 Å². The molecule has 0 heterocycles. The molecule has 6 heteroatoms. The number of ketones is 1. The van der Waals surface area contributed by atoms with E-state index in [4.69, 9.17) is 15.6 Å². The van der Waals surface area contributed by atoms with Crippen LogP contribution in [0.4, 0.5) is 0 Å². The van der Waals surface area contributed by atoms with Crippen LogP contribution in [-0.2, 0) is 4.79 Å². The molecule has 0 bridgehead atoms. The summed E-state index contributed by atoms with van der Waals surface area (Å²) < 4.78 is 5.64. The van der Waals surface area contributed by atoms with Crippen molar-refractivity contribution in [3.63, 3.8) is 0 Å². The highest BCUT2D eigenvalue weighted by Crippen LogP contribution is 2.26. The van der Waals surface area contributed by atoms with Crippen molar-refractivity contribution in [2.75, 3.05) is 7.11 Å². The van der Waals surface area contributed by atoms with Crippen molar-refractivity contribution in [1.82, 2.24) is 0 Å². The Morgan fingerprint density at radius 2 is 2.18 bits per heavy atom. The number of ether oxygens (including phenoxy) is 1. The van der Waals surface area contributed by atoms with Gasteiger partial charge in [0, 0.05) is 5.56 Å². The second-order valence-corrected chi connectivity index (χ2v) is 4.27. The number of carbonyl (C=O) groups excluding carboxylic acids is 1. The summed E-state index contributed by atoms with van der Waals surface area (Å²) in [5.74, 6) is -0.914. The summed E-state index contributed by atoms with van der Waals surface area (Å²) in [6.07, 6.45) is -0.386. The molecule has 0 aliphatic carbocycles. The van der Waals surface area contributed by atoms with E-state index in [2.05, 4.69) is 15.9 Å². The molecule has 1 aromatic rings. The first kappa shape index (κ1) is 13.7. The van der Waals surface area contributed by atoms with Crippen LogP contribution < -0.4 is 10.5 Å². The molecule has 1 atom stereocenters. The number of Topliss-reactive ketones (excluding diaryl/α,β-unsaturated/α-hetero) is 1. The van der Waals surface area contributed by atoms with Crippen molar-refractivity contribution in [3.8, 4) is 5.75 Å². The third-order valence-corrected chi connectivity index (χ3v) is 2.79. The maximum Gasteiger partial charge on any atom is 0.305 e. The third kappa shape index (κ3) is 3.54. The number of rotatable bonds is 5. The van der Waals surface area contributed by atoms with Crippen molar-refractivity contribution in [1.29, 1.82) is 0 Å². The van der Waals surface area contributed by atoms with Crippen molar-refractivity contribution in [3.05, 3.63) is 28.2 Å². The molecule has 0 radical (unpaired) electrons. The van der Waals surface area contributed by atoms with E-state index >= 15 is 0 Å². The van der Waals surface area contributed by atoms with Crippen molar-refractivity contribution < 1.29 is 19.4 Å². The number of hydrogen-bond donors (Lipinski definition) is 2. The fraction of sp³-hybridized carbons (Fsp3) is 0.273. The molecule has 5 nitrogen and oxygen atoms in total. The Bertz CT molecular complexity index is 447.